The van der Waals surface area contributed by atoms with E-state index in [1.165, 1.54) is 25.7 Å². The Morgan fingerprint density at radius 1 is 0.867 bits per heavy atom. The van der Waals surface area contributed by atoms with E-state index in [9.17, 15) is 0 Å². The summed E-state index contributed by atoms with van der Waals surface area (Å²) >= 11 is 6.42. The van der Waals surface area contributed by atoms with E-state index in [4.69, 9.17) is 15.3 Å². The number of aliphatic hydroxyl groups is 3. The van der Waals surface area contributed by atoms with Crippen LogP contribution in [0.1, 0.15) is 44.9 Å². The predicted molar refractivity (Wildman–Crippen MR) is 68.2 cm³/mol. The fourth-order valence-electron chi connectivity index (χ4n) is 1.32. The Morgan fingerprint density at radius 2 is 1.33 bits per heavy atom. The smallest absolute Gasteiger partial charge is 0.288 e. The van der Waals surface area contributed by atoms with Crippen LogP contribution < -0.4 is 0 Å². The van der Waals surface area contributed by atoms with Gasteiger partial charge in [-0.3, -0.25) is 0 Å². The maximum Gasteiger partial charge on any atom is 0.288 e. The lowest BCUT2D eigenvalue weighted by Gasteiger charge is -2.20. The van der Waals surface area contributed by atoms with Crippen molar-refractivity contribution in [1.29, 1.82) is 0 Å². The summed E-state index contributed by atoms with van der Waals surface area (Å²) in [5, 5.41) is 27.5. The molecule has 0 aromatic heterocycles. The molecule has 3 nitrogen and oxygen atoms in total. The molecule has 0 bridgehead atoms. The lowest BCUT2D eigenvalue weighted by molar-refractivity contribution is -0.309. The molecule has 92 valence electrons. The number of hydrogen-bond donors (Lipinski definition) is 3. The van der Waals surface area contributed by atoms with Crippen molar-refractivity contribution in [3.05, 3.63) is 0 Å². The Bertz CT molecular complexity index is 148. The molecule has 0 rings (SSSR count). The molecular formula is C10H20Br2O3. The van der Waals surface area contributed by atoms with Gasteiger partial charge in [0.05, 0.1) is 4.83 Å². The van der Waals surface area contributed by atoms with Crippen LogP contribution in [0.2, 0.25) is 0 Å². The third kappa shape index (κ3) is 9.75. The average molecular weight is 348 g/mol. The molecule has 0 spiro atoms. The van der Waals surface area contributed by atoms with Gasteiger partial charge in [-0.15, -0.1) is 0 Å². The number of rotatable bonds is 9. The minimum Gasteiger partial charge on any atom is -0.343 e. The third-order valence-electron chi connectivity index (χ3n) is 2.26. The first-order chi connectivity index (χ1) is 6.98. The molecule has 0 heterocycles. The topological polar surface area (TPSA) is 60.7 Å². The quantitative estimate of drug-likeness (QED) is 0.341. The van der Waals surface area contributed by atoms with Gasteiger partial charge in [0.1, 0.15) is 0 Å². The van der Waals surface area contributed by atoms with Crippen LogP contribution in [-0.2, 0) is 0 Å². The van der Waals surface area contributed by atoms with Crippen molar-refractivity contribution in [3.8, 4) is 0 Å². The van der Waals surface area contributed by atoms with Gasteiger partial charge in [-0.05, 0) is 12.8 Å². The molecule has 0 aliphatic heterocycles. The molecule has 0 radical (unpaired) electrons. The highest BCUT2D eigenvalue weighted by molar-refractivity contribution is 9.09. The van der Waals surface area contributed by atoms with E-state index in [2.05, 4.69) is 31.9 Å². The molecule has 0 fully saturated rings. The highest BCUT2D eigenvalue weighted by atomic mass is 79.9. The zero-order valence-corrected chi connectivity index (χ0v) is 12.0. The minimum absolute atomic E-state index is 0.571. The second kappa shape index (κ2) is 8.93. The second-order valence-electron chi connectivity index (χ2n) is 3.75. The van der Waals surface area contributed by atoms with Crippen LogP contribution in [0.25, 0.3) is 0 Å². The Morgan fingerprint density at radius 3 is 1.80 bits per heavy atom. The SMILES string of the molecule is OC(O)(O)C(Br)CCCCCCCCBr. The van der Waals surface area contributed by atoms with Gasteiger partial charge < -0.3 is 15.3 Å². The standard InChI is InChI=1S/C10H20Br2O3/c11-8-6-4-2-1-3-5-7-9(12)10(13,14)15/h9,13-15H,1-8H2. The molecule has 3 N–H and O–H groups in total. The van der Waals surface area contributed by atoms with E-state index in [-0.39, 0.29) is 0 Å². The van der Waals surface area contributed by atoms with Crippen molar-refractivity contribution >= 4 is 31.9 Å². The van der Waals surface area contributed by atoms with E-state index in [1.807, 2.05) is 0 Å². The van der Waals surface area contributed by atoms with E-state index in [1.54, 1.807) is 0 Å². The van der Waals surface area contributed by atoms with E-state index >= 15 is 0 Å². The molecule has 0 amide bonds. The van der Waals surface area contributed by atoms with Crippen LogP contribution in [0, 0.1) is 0 Å². The van der Waals surface area contributed by atoms with Gasteiger partial charge in [-0.1, -0.05) is 64.0 Å². The van der Waals surface area contributed by atoms with Crippen molar-refractivity contribution in [2.75, 3.05) is 5.33 Å². The summed E-state index contributed by atoms with van der Waals surface area (Å²) in [6.45, 7) is 0. The molecule has 0 aromatic rings. The maximum atomic E-state index is 8.82. The summed E-state index contributed by atoms with van der Waals surface area (Å²) in [5.74, 6) is -2.59. The second-order valence-corrected chi connectivity index (χ2v) is 5.65. The summed E-state index contributed by atoms with van der Waals surface area (Å²) in [6, 6.07) is 0. The monoisotopic (exact) mass is 346 g/mol. The fourth-order valence-corrected chi connectivity index (χ4v) is 2.04. The van der Waals surface area contributed by atoms with Gasteiger partial charge in [0.15, 0.2) is 0 Å². The predicted octanol–water partition coefficient (Wildman–Crippen LogP) is 2.51. The summed E-state index contributed by atoms with van der Waals surface area (Å²) in [6.07, 6.45) is 7.39. The van der Waals surface area contributed by atoms with Crippen LogP contribution in [-0.4, -0.2) is 31.5 Å². The minimum atomic E-state index is -2.59. The first kappa shape index (κ1) is 15.8. The van der Waals surface area contributed by atoms with Gasteiger partial charge >= 0.3 is 0 Å². The Kier molecular flexibility index (Phi) is 9.43. The van der Waals surface area contributed by atoms with Crippen LogP contribution >= 0.6 is 31.9 Å². The molecule has 0 aromatic carbocycles. The number of halogens is 2. The Balaban J connectivity index is 3.24. The molecule has 0 saturated carbocycles. The summed E-state index contributed by atoms with van der Waals surface area (Å²) in [7, 11) is 0. The fraction of sp³-hybridized carbons (Fsp3) is 1.00. The van der Waals surface area contributed by atoms with Crippen LogP contribution in [0.5, 0.6) is 0 Å². The lowest BCUT2D eigenvalue weighted by atomic mass is 10.1. The molecule has 1 atom stereocenters. The largest absolute Gasteiger partial charge is 0.343 e. The Labute approximate surface area is 108 Å². The van der Waals surface area contributed by atoms with Crippen molar-refractivity contribution in [1.82, 2.24) is 0 Å². The van der Waals surface area contributed by atoms with Crippen LogP contribution in [0.3, 0.4) is 0 Å². The normalized spacial score (nSPS) is 14.2. The van der Waals surface area contributed by atoms with Gasteiger partial charge in [-0.25, -0.2) is 0 Å². The first-order valence-corrected chi connectivity index (χ1v) is 7.39. The van der Waals surface area contributed by atoms with Gasteiger partial charge in [0.25, 0.3) is 5.97 Å². The number of unbranched alkanes of at least 4 members (excludes halogenated alkanes) is 5. The zero-order chi connectivity index (χ0) is 11.7. The van der Waals surface area contributed by atoms with Crippen molar-refractivity contribution in [3.63, 3.8) is 0 Å². The maximum absolute atomic E-state index is 8.82. The average Bonchev–Trinajstić information content (AvgIpc) is 2.14. The molecule has 5 heteroatoms. The van der Waals surface area contributed by atoms with E-state index < -0.39 is 10.8 Å². The van der Waals surface area contributed by atoms with Gasteiger partial charge in [0, 0.05) is 5.33 Å². The molecular weight excluding hydrogens is 328 g/mol. The number of alkyl halides is 2. The van der Waals surface area contributed by atoms with Gasteiger partial charge in [0.2, 0.25) is 0 Å². The number of hydrogen-bond acceptors (Lipinski definition) is 3. The summed E-state index contributed by atoms with van der Waals surface area (Å²) in [5.41, 5.74) is 0. The van der Waals surface area contributed by atoms with Crippen molar-refractivity contribution < 1.29 is 15.3 Å². The Hall–Kier alpha value is 0.840. The van der Waals surface area contributed by atoms with Crippen LogP contribution in [0.4, 0.5) is 0 Å². The zero-order valence-electron chi connectivity index (χ0n) is 8.83. The van der Waals surface area contributed by atoms with Crippen LogP contribution in [0.15, 0.2) is 0 Å². The molecule has 0 saturated heterocycles. The lowest BCUT2D eigenvalue weighted by Crippen LogP contribution is -2.37. The third-order valence-corrected chi connectivity index (χ3v) is 3.89. The van der Waals surface area contributed by atoms with Crippen molar-refractivity contribution in [2.24, 2.45) is 0 Å². The molecule has 0 aliphatic rings. The van der Waals surface area contributed by atoms with Gasteiger partial charge in [-0.2, -0.15) is 0 Å². The van der Waals surface area contributed by atoms with Crippen molar-refractivity contribution in [2.45, 2.75) is 55.7 Å². The highest BCUT2D eigenvalue weighted by Gasteiger charge is 2.28. The summed E-state index contributed by atoms with van der Waals surface area (Å²) < 4.78 is 0. The van der Waals surface area contributed by atoms with E-state index in [0.29, 0.717) is 6.42 Å². The summed E-state index contributed by atoms with van der Waals surface area (Å²) in [4.78, 5) is -0.660. The first-order valence-electron chi connectivity index (χ1n) is 5.35. The molecule has 0 aliphatic carbocycles. The molecule has 15 heavy (non-hydrogen) atoms. The highest BCUT2D eigenvalue weighted by Crippen LogP contribution is 2.20. The molecule has 1 unspecified atom stereocenters. The van der Waals surface area contributed by atoms with E-state index in [0.717, 1.165) is 18.2 Å².